The molecule has 2 N–H and O–H groups in total. The summed E-state index contributed by atoms with van der Waals surface area (Å²) in [7, 11) is 0. The van der Waals surface area contributed by atoms with E-state index in [0.717, 1.165) is 38.6 Å². The van der Waals surface area contributed by atoms with Gasteiger partial charge in [0.2, 0.25) is 0 Å². The Hall–Kier alpha value is -1.35. The molecule has 0 spiro atoms. The van der Waals surface area contributed by atoms with E-state index in [4.69, 9.17) is 0 Å². The lowest BCUT2D eigenvalue weighted by Gasteiger charge is -2.29. The van der Waals surface area contributed by atoms with Crippen LogP contribution >= 0.6 is 0 Å². The van der Waals surface area contributed by atoms with Crippen LogP contribution in [0.15, 0.2) is 24.3 Å². The van der Waals surface area contributed by atoms with E-state index in [1.165, 1.54) is 17.5 Å². The normalized spacial score (nSPS) is 26.4. The summed E-state index contributed by atoms with van der Waals surface area (Å²) in [5.41, 5.74) is 2.90. The summed E-state index contributed by atoms with van der Waals surface area (Å²) in [4.78, 5) is 11.3. The molecule has 0 radical (unpaired) electrons. The summed E-state index contributed by atoms with van der Waals surface area (Å²) in [6.45, 7) is 0.857. The topological polar surface area (TPSA) is 49.3 Å². The molecule has 0 bridgehead atoms. The average molecular weight is 273 g/mol. The van der Waals surface area contributed by atoms with Crippen molar-refractivity contribution in [2.45, 2.75) is 44.6 Å². The van der Waals surface area contributed by atoms with E-state index >= 15 is 0 Å². The van der Waals surface area contributed by atoms with Gasteiger partial charge in [-0.15, -0.1) is 0 Å². The van der Waals surface area contributed by atoms with Crippen LogP contribution in [0.1, 0.15) is 36.8 Å². The molecule has 0 aliphatic heterocycles. The van der Waals surface area contributed by atoms with Crippen molar-refractivity contribution in [3.63, 3.8) is 0 Å². The first-order valence-electron chi connectivity index (χ1n) is 7.77. The second kappa shape index (κ2) is 5.96. The van der Waals surface area contributed by atoms with Crippen molar-refractivity contribution in [2.24, 2.45) is 11.8 Å². The molecule has 3 rings (SSSR count). The Morgan fingerprint density at radius 2 is 1.80 bits per heavy atom. The maximum atomic E-state index is 11.3. The van der Waals surface area contributed by atoms with Gasteiger partial charge in [-0.1, -0.05) is 37.1 Å². The summed E-state index contributed by atoms with van der Waals surface area (Å²) in [5.74, 6) is -0.434. The minimum Gasteiger partial charge on any atom is -0.481 e. The molecule has 2 unspecified atom stereocenters. The molecule has 1 aromatic rings. The lowest BCUT2D eigenvalue weighted by atomic mass is 9.79. The highest BCUT2D eigenvalue weighted by Gasteiger charge is 2.31. The molecule has 3 nitrogen and oxygen atoms in total. The Morgan fingerprint density at radius 3 is 2.45 bits per heavy atom. The van der Waals surface area contributed by atoms with Gasteiger partial charge in [-0.25, -0.2) is 0 Å². The third kappa shape index (κ3) is 2.88. The van der Waals surface area contributed by atoms with Crippen LogP contribution in [0, 0.1) is 11.8 Å². The number of nitrogens with one attached hydrogen (secondary N) is 1. The highest BCUT2D eigenvalue weighted by atomic mass is 16.4. The first-order chi connectivity index (χ1) is 9.74. The Bertz CT molecular complexity index is 461. The van der Waals surface area contributed by atoms with Crippen LogP contribution in [0.5, 0.6) is 0 Å². The maximum Gasteiger partial charge on any atom is 0.306 e. The van der Waals surface area contributed by atoms with Crippen molar-refractivity contribution in [1.29, 1.82) is 0 Å². The molecule has 1 fully saturated rings. The number of carboxylic acid groups (broad SMARTS) is 1. The van der Waals surface area contributed by atoms with Gasteiger partial charge < -0.3 is 10.4 Å². The fourth-order valence-corrected chi connectivity index (χ4v) is 3.80. The first-order valence-corrected chi connectivity index (χ1v) is 7.77. The second-order valence-corrected chi connectivity index (χ2v) is 6.27. The molecule has 108 valence electrons. The second-order valence-electron chi connectivity index (χ2n) is 6.27. The number of hydrogen-bond acceptors (Lipinski definition) is 2. The van der Waals surface area contributed by atoms with Crippen molar-refractivity contribution in [3.8, 4) is 0 Å². The van der Waals surface area contributed by atoms with Crippen LogP contribution in [0.4, 0.5) is 0 Å². The third-order valence-corrected chi connectivity index (χ3v) is 4.95. The Morgan fingerprint density at radius 1 is 1.15 bits per heavy atom. The lowest BCUT2D eigenvalue weighted by Crippen LogP contribution is -2.39. The van der Waals surface area contributed by atoms with Crippen molar-refractivity contribution >= 4 is 5.97 Å². The first kappa shape index (κ1) is 13.6. The predicted octanol–water partition coefficient (Wildman–Crippen LogP) is 2.63. The van der Waals surface area contributed by atoms with Crippen molar-refractivity contribution in [3.05, 3.63) is 35.4 Å². The number of benzene rings is 1. The van der Waals surface area contributed by atoms with Crippen molar-refractivity contribution in [1.82, 2.24) is 5.32 Å². The van der Waals surface area contributed by atoms with Crippen molar-refractivity contribution in [2.75, 3.05) is 6.54 Å². The van der Waals surface area contributed by atoms with Gasteiger partial charge in [0.05, 0.1) is 5.92 Å². The minimum absolute atomic E-state index is 0.139. The van der Waals surface area contributed by atoms with Crippen LogP contribution in [-0.4, -0.2) is 23.7 Å². The largest absolute Gasteiger partial charge is 0.481 e. The third-order valence-electron chi connectivity index (χ3n) is 4.95. The van der Waals surface area contributed by atoms with Gasteiger partial charge >= 0.3 is 5.97 Å². The minimum atomic E-state index is -0.605. The molecule has 1 aromatic carbocycles. The van der Waals surface area contributed by atoms with E-state index in [0.29, 0.717) is 12.0 Å². The van der Waals surface area contributed by atoms with Gasteiger partial charge in [-0.2, -0.15) is 0 Å². The van der Waals surface area contributed by atoms with Gasteiger partial charge in [0, 0.05) is 6.04 Å². The summed E-state index contributed by atoms with van der Waals surface area (Å²) >= 11 is 0. The van der Waals surface area contributed by atoms with Crippen molar-refractivity contribution < 1.29 is 9.90 Å². The molecule has 2 aliphatic carbocycles. The number of fused-ring (bicyclic) bond motifs is 1. The van der Waals surface area contributed by atoms with E-state index in [-0.39, 0.29) is 5.92 Å². The quantitative estimate of drug-likeness (QED) is 0.886. The Kier molecular flexibility index (Phi) is 4.06. The molecular formula is C17H23NO2. The molecule has 0 heterocycles. The number of hydrogen-bond donors (Lipinski definition) is 2. The number of carbonyl (C=O) groups is 1. The van der Waals surface area contributed by atoms with E-state index in [1.807, 2.05) is 0 Å². The van der Waals surface area contributed by atoms with Gasteiger partial charge in [0.15, 0.2) is 0 Å². The SMILES string of the molecule is O=C(O)C1CCCCC1CNC1Cc2ccccc2C1. The molecule has 0 aromatic heterocycles. The van der Waals surface area contributed by atoms with Gasteiger partial charge in [-0.05, 0) is 49.3 Å². The zero-order chi connectivity index (χ0) is 13.9. The Labute approximate surface area is 120 Å². The number of rotatable bonds is 4. The smallest absolute Gasteiger partial charge is 0.306 e. The monoisotopic (exact) mass is 273 g/mol. The zero-order valence-corrected chi connectivity index (χ0v) is 11.8. The van der Waals surface area contributed by atoms with E-state index in [1.54, 1.807) is 0 Å². The molecule has 2 atom stereocenters. The molecule has 3 heteroatoms. The zero-order valence-electron chi connectivity index (χ0n) is 11.8. The van der Waals surface area contributed by atoms with Crippen LogP contribution in [0.3, 0.4) is 0 Å². The predicted molar refractivity (Wildman–Crippen MR) is 78.7 cm³/mol. The van der Waals surface area contributed by atoms with Crippen LogP contribution in [-0.2, 0) is 17.6 Å². The summed E-state index contributed by atoms with van der Waals surface area (Å²) in [6.07, 6.45) is 6.33. The van der Waals surface area contributed by atoms with Crippen LogP contribution in [0.25, 0.3) is 0 Å². The number of aliphatic carboxylic acids is 1. The average Bonchev–Trinajstić information content (AvgIpc) is 2.88. The highest BCUT2D eigenvalue weighted by Crippen LogP contribution is 2.30. The summed E-state index contributed by atoms with van der Waals surface area (Å²) in [6, 6.07) is 9.10. The molecule has 0 amide bonds. The molecular weight excluding hydrogens is 250 g/mol. The summed E-state index contributed by atoms with van der Waals surface area (Å²) < 4.78 is 0. The fraction of sp³-hybridized carbons (Fsp3) is 0.588. The standard InChI is InChI=1S/C17H23NO2/c19-17(20)16-8-4-3-7-14(16)11-18-15-9-12-5-1-2-6-13(12)10-15/h1-2,5-6,14-16,18H,3-4,7-11H2,(H,19,20). The molecule has 20 heavy (non-hydrogen) atoms. The lowest BCUT2D eigenvalue weighted by molar-refractivity contribution is -0.144. The fourth-order valence-electron chi connectivity index (χ4n) is 3.80. The molecule has 2 aliphatic rings. The van der Waals surface area contributed by atoms with E-state index < -0.39 is 5.97 Å². The van der Waals surface area contributed by atoms with E-state index in [9.17, 15) is 9.90 Å². The van der Waals surface area contributed by atoms with Crippen LogP contribution < -0.4 is 5.32 Å². The molecule has 0 saturated heterocycles. The van der Waals surface area contributed by atoms with Gasteiger partial charge in [0.1, 0.15) is 0 Å². The maximum absolute atomic E-state index is 11.3. The summed E-state index contributed by atoms with van der Waals surface area (Å²) in [5, 5.41) is 12.9. The van der Waals surface area contributed by atoms with Crippen LogP contribution in [0.2, 0.25) is 0 Å². The van der Waals surface area contributed by atoms with E-state index in [2.05, 4.69) is 29.6 Å². The number of carboxylic acids is 1. The van der Waals surface area contributed by atoms with Gasteiger partial charge in [0.25, 0.3) is 0 Å². The molecule has 1 saturated carbocycles. The van der Waals surface area contributed by atoms with Gasteiger partial charge in [-0.3, -0.25) is 4.79 Å². The Balaban J connectivity index is 1.54. The highest BCUT2D eigenvalue weighted by molar-refractivity contribution is 5.70.